The fraction of sp³-hybridized carbons (Fsp3) is 0.273. The molecule has 6 nitrogen and oxygen atoms in total. The van der Waals surface area contributed by atoms with Crippen LogP contribution in [0.3, 0.4) is 0 Å². The van der Waals surface area contributed by atoms with E-state index in [-0.39, 0.29) is 0 Å². The zero-order chi connectivity index (χ0) is 20.2. The first-order valence-corrected chi connectivity index (χ1v) is 9.08. The minimum absolute atomic E-state index is 0.431. The highest BCUT2D eigenvalue weighted by molar-refractivity contribution is 5.86. The predicted molar refractivity (Wildman–Crippen MR) is 112 cm³/mol. The van der Waals surface area contributed by atoms with Crippen LogP contribution in [0.2, 0.25) is 0 Å². The van der Waals surface area contributed by atoms with Gasteiger partial charge in [-0.25, -0.2) is 0 Å². The molecule has 2 rings (SSSR count). The van der Waals surface area contributed by atoms with Crippen molar-refractivity contribution in [2.45, 2.75) is 26.7 Å². The van der Waals surface area contributed by atoms with Crippen molar-refractivity contribution in [3.8, 4) is 12.4 Å². The third kappa shape index (κ3) is 7.31. The fourth-order valence-corrected chi connectivity index (χ4v) is 2.58. The Balaban J connectivity index is 1.96. The average Bonchev–Trinajstić information content (AvgIpc) is 2.69. The summed E-state index contributed by atoms with van der Waals surface area (Å²) in [5, 5.41) is 23.2. The maximum Gasteiger partial charge on any atom is 0.182 e. The summed E-state index contributed by atoms with van der Waals surface area (Å²) in [6, 6.07) is 16.3. The summed E-state index contributed by atoms with van der Waals surface area (Å²) < 4.78 is 0. The van der Waals surface area contributed by atoms with E-state index in [0.29, 0.717) is 37.6 Å². The Hall–Kier alpha value is -3.64. The third-order valence-corrected chi connectivity index (χ3v) is 4.09. The Morgan fingerprint density at radius 1 is 0.714 bits per heavy atom. The first-order chi connectivity index (χ1) is 13.6. The van der Waals surface area contributed by atoms with Crippen molar-refractivity contribution >= 4 is 11.7 Å². The number of aryl methyl sites for hydroxylation is 2. The largest absolute Gasteiger partial charge is 0.280 e. The van der Waals surface area contributed by atoms with Gasteiger partial charge in [0.1, 0.15) is 11.7 Å². The van der Waals surface area contributed by atoms with E-state index in [9.17, 15) is 0 Å². The molecule has 6 heteroatoms. The molecule has 28 heavy (non-hydrogen) atoms. The minimum Gasteiger partial charge on any atom is -0.280 e. The summed E-state index contributed by atoms with van der Waals surface area (Å²) in [6.07, 6.45) is 4.99. The van der Waals surface area contributed by atoms with Crippen LogP contribution in [0, 0.1) is 36.8 Å². The lowest BCUT2D eigenvalue weighted by Crippen LogP contribution is -2.22. The second-order valence-corrected chi connectivity index (χ2v) is 6.46. The lowest BCUT2D eigenvalue weighted by molar-refractivity contribution is 0.939. The van der Waals surface area contributed by atoms with E-state index in [0.717, 1.165) is 11.1 Å². The molecule has 0 saturated carbocycles. The molecule has 142 valence electrons. The zero-order valence-electron chi connectivity index (χ0n) is 16.2. The van der Waals surface area contributed by atoms with Crippen molar-refractivity contribution in [3.63, 3.8) is 0 Å². The monoisotopic (exact) mass is 372 g/mol. The summed E-state index contributed by atoms with van der Waals surface area (Å²) in [5.74, 6) is 1.21. The van der Waals surface area contributed by atoms with Gasteiger partial charge >= 0.3 is 0 Å². The summed E-state index contributed by atoms with van der Waals surface area (Å²) in [4.78, 5) is 8.89. The average molecular weight is 372 g/mol. The molecule has 0 fully saturated rings. The molecule has 0 aliphatic heterocycles. The topological polar surface area (TPSA) is 96.4 Å². The van der Waals surface area contributed by atoms with E-state index in [1.165, 1.54) is 11.1 Å². The SMILES string of the molecule is Cc1ccc(CC(=NCCN=C(Cc2ccc(C)cc2)NC#N)NC#N)cc1. The van der Waals surface area contributed by atoms with Gasteiger partial charge in [0.2, 0.25) is 0 Å². The van der Waals surface area contributed by atoms with Crippen LogP contribution in [0.5, 0.6) is 0 Å². The minimum atomic E-state index is 0.431. The Morgan fingerprint density at radius 3 is 1.39 bits per heavy atom. The Bertz CT molecular complexity index is 819. The van der Waals surface area contributed by atoms with Crippen LogP contribution in [-0.2, 0) is 12.8 Å². The maximum absolute atomic E-state index is 8.94. The van der Waals surface area contributed by atoms with Crippen molar-refractivity contribution in [1.82, 2.24) is 10.6 Å². The lowest BCUT2D eigenvalue weighted by atomic mass is 10.1. The van der Waals surface area contributed by atoms with Crippen LogP contribution >= 0.6 is 0 Å². The summed E-state index contributed by atoms with van der Waals surface area (Å²) >= 11 is 0. The van der Waals surface area contributed by atoms with Gasteiger partial charge < -0.3 is 0 Å². The first-order valence-electron chi connectivity index (χ1n) is 9.08. The summed E-state index contributed by atoms with van der Waals surface area (Å²) in [6.45, 7) is 4.93. The molecule has 0 aromatic heterocycles. The molecule has 0 atom stereocenters. The summed E-state index contributed by atoms with van der Waals surface area (Å²) in [7, 11) is 0. The highest BCUT2D eigenvalue weighted by Gasteiger charge is 2.03. The van der Waals surface area contributed by atoms with Crippen molar-refractivity contribution in [2.24, 2.45) is 9.98 Å². The quantitative estimate of drug-likeness (QED) is 0.257. The van der Waals surface area contributed by atoms with Gasteiger partial charge in [-0.05, 0) is 25.0 Å². The smallest absolute Gasteiger partial charge is 0.182 e. The standard InChI is InChI=1S/C22H24N6/c1-17-3-7-19(8-4-17)13-21(27-15-23)25-11-12-26-22(28-16-24)14-20-9-5-18(2)6-10-20/h3-10H,11-14H2,1-2H3,(H,25,27)(H,26,28). The molecular formula is C22H24N6. The van der Waals surface area contributed by atoms with Gasteiger partial charge in [0.15, 0.2) is 12.4 Å². The number of benzene rings is 2. The molecule has 0 bridgehead atoms. The molecule has 0 aliphatic carbocycles. The molecule has 0 spiro atoms. The van der Waals surface area contributed by atoms with E-state index >= 15 is 0 Å². The summed E-state index contributed by atoms with van der Waals surface area (Å²) in [5.41, 5.74) is 4.55. The molecule has 0 radical (unpaired) electrons. The Kier molecular flexibility index (Phi) is 8.23. The van der Waals surface area contributed by atoms with Gasteiger partial charge in [-0.2, -0.15) is 10.5 Å². The number of aliphatic imine (C=N–C) groups is 2. The van der Waals surface area contributed by atoms with Crippen molar-refractivity contribution < 1.29 is 0 Å². The number of nitriles is 2. The maximum atomic E-state index is 8.94. The number of rotatable bonds is 7. The molecule has 2 aromatic carbocycles. The van der Waals surface area contributed by atoms with Crippen LogP contribution in [-0.4, -0.2) is 24.8 Å². The van der Waals surface area contributed by atoms with E-state index in [1.54, 1.807) is 0 Å². The molecule has 0 heterocycles. The number of hydrogen-bond donors (Lipinski definition) is 2. The Labute approximate surface area is 166 Å². The second-order valence-electron chi connectivity index (χ2n) is 6.46. The Morgan fingerprint density at radius 2 is 1.07 bits per heavy atom. The van der Waals surface area contributed by atoms with Gasteiger partial charge in [-0.1, -0.05) is 59.7 Å². The van der Waals surface area contributed by atoms with Crippen LogP contribution < -0.4 is 10.6 Å². The van der Waals surface area contributed by atoms with Crippen LogP contribution in [0.15, 0.2) is 58.5 Å². The van der Waals surface area contributed by atoms with Crippen LogP contribution in [0.4, 0.5) is 0 Å². The van der Waals surface area contributed by atoms with Gasteiger partial charge in [0, 0.05) is 12.8 Å². The van der Waals surface area contributed by atoms with Gasteiger partial charge in [0.25, 0.3) is 0 Å². The van der Waals surface area contributed by atoms with Crippen molar-refractivity contribution in [3.05, 3.63) is 70.8 Å². The number of hydrogen-bond acceptors (Lipinski definition) is 4. The van der Waals surface area contributed by atoms with Crippen LogP contribution in [0.1, 0.15) is 22.3 Å². The lowest BCUT2D eigenvalue weighted by Gasteiger charge is -2.06. The van der Waals surface area contributed by atoms with E-state index in [4.69, 9.17) is 10.5 Å². The fourth-order valence-electron chi connectivity index (χ4n) is 2.58. The number of amidine groups is 2. The first kappa shape index (κ1) is 20.7. The highest BCUT2D eigenvalue weighted by atomic mass is 15.0. The molecule has 2 aromatic rings. The highest BCUT2D eigenvalue weighted by Crippen LogP contribution is 2.05. The molecular weight excluding hydrogens is 348 g/mol. The molecule has 0 unspecified atom stereocenters. The second kappa shape index (κ2) is 11.2. The van der Waals surface area contributed by atoms with Gasteiger partial charge in [0.05, 0.1) is 13.1 Å². The van der Waals surface area contributed by atoms with E-state index in [1.807, 2.05) is 74.8 Å². The number of nitrogens with one attached hydrogen (secondary N) is 2. The van der Waals surface area contributed by atoms with Crippen molar-refractivity contribution in [1.29, 1.82) is 10.5 Å². The number of nitrogens with zero attached hydrogens (tertiary/aromatic N) is 4. The predicted octanol–water partition coefficient (Wildman–Crippen LogP) is 3.03. The van der Waals surface area contributed by atoms with Crippen LogP contribution in [0.25, 0.3) is 0 Å². The third-order valence-electron chi connectivity index (χ3n) is 4.09. The molecule has 2 N–H and O–H groups in total. The molecule has 0 aliphatic rings. The van der Waals surface area contributed by atoms with E-state index < -0.39 is 0 Å². The molecule has 0 saturated heterocycles. The van der Waals surface area contributed by atoms with Gasteiger partial charge in [-0.3, -0.25) is 20.6 Å². The van der Waals surface area contributed by atoms with Gasteiger partial charge in [-0.15, -0.1) is 0 Å². The molecule has 0 amide bonds. The normalized spacial score (nSPS) is 11.4. The van der Waals surface area contributed by atoms with Crippen molar-refractivity contribution in [2.75, 3.05) is 13.1 Å². The van der Waals surface area contributed by atoms with E-state index in [2.05, 4.69) is 20.6 Å². The zero-order valence-corrected chi connectivity index (χ0v) is 16.2.